The van der Waals surface area contributed by atoms with Gasteiger partial charge in [-0.2, -0.15) is 0 Å². The van der Waals surface area contributed by atoms with E-state index in [0.717, 1.165) is 16.9 Å². The van der Waals surface area contributed by atoms with Crippen LogP contribution in [0.5, 0.6) is 0 Å². The number of benzene rings is 7. The Balaban J connectivity index is 1.31. The molecule has 4 nitrogen and oxygen atoms in total. The molecular weight excluding hydrogens is 621 g/mol. The Bertz CT molecular complexity index is 2540. The van der Waals surface area contributed by atoms with Crippen molar-refractivity contribution in [1.29, 1.82) is 0 Å². The molecule has 1 aliphatic carbocycles. The van der Waals surface area contributed by atoms with E-state index in [2.05, 4.69) is 173 Å². The van der Waals surface area contributed by atoms with Gasteiger partial charge in [0.15, 0.2) is 0 Å². The number of anilines is 3. The molecule has 9 rings (SSSR count). The van der Waals surface area contributed by atoms with Crippen LogP contribution in [-0.2, 0) is 0 Å². The van der Waals surface area contributed by atoms with E-state index in [4.69, 9.17) is 0 Å². The predicted octanol–water partition coefficient (Wildman–Crippen LogP) is 12.5. The monoisotopic (exact) mass is 654 g/mol. The summed E-state index contributed by atoms with van der Waals surface area (Å²) in [6.45, 7) is 4.40. The molecule has 1 aromatic heterocycles. The molecule has 1 heterocycles. The van der Waals surface area contributed by atoms with E-state index in [0.29, 0.717) is 5.95 Å². The Labute approximate surface area is 298 Å². The van der Waals surface area contributed by atoms with Crippen LogP contribution in [0.15, 0.2) is 164 Å². The van der Waals surface area contributed by atoms with E-state index in [1.807, 2.05) is 18.2 Å². The smallest absolute Gasteiger partial charge is 0.237 e. The molecule has 0 N–H and O–H groups in total. The molecule has 0 saturated carbocycles. The van der Waals surface area contributed by atoms with Gasteiger partial charge in [-0.1, -0.05) is 133 Å². The van der Waals surface area contributed by atoms with Crippen molar-refractivity contribution in [3.63, 3.8) is 0 Å². The standard InChI is InChI=1S/C47H34N4/c1-3-15-37-31(2)42(32-16-7-4-8-17-32)45-41-27-26-38(39-24-14-25-40(44(39)41)46(45)43(37)33-18-9-5-10-19-33)34-20-13-23-36(28-34)51(35-21-11-6-12-22-35)47-49-29-48-30-50-47/h3-30H,1-2H3/b15-3-. The van der Waals surface area contributed by atoms with Crippen molar-refractivity contribution in [1.82, 2.24) is 15.0 Å². The fraction of sp³-hybridized carbons (Fsp3) is 0.0426. The third-order valence-electron chi connectivity index (χ3n) is 9.95. The number of allylic oxidation sites excluding steroid dienone is 1. The van der Waals surface area contributed by atoms with Gasteiger partial charge < -0.3 is 0 Å². The van der Waals surface area contributed by atoms with Crippen molar-refractivity contribution in [2.45, 2.75) is 13.8 Å². The Morgan fingerprint density at radius 3 is 1.78 bits per heavy atom. The zero-order chi connectivity index (χ0) is 34.3. The SMILES string of the molecule is C/C=C\c1c(C)c(-c2ccccc2)c2c(c1-c1ccccc1)-c1cccc3c(-c4cccc(N(c5ccccc5)c5ncncn5)c4)ccc-2c13. The van der Waals surface area contributed by atoms with Gasteiger partial charge in [0, 0.05) is 11.4 Å². The first-order chi connectivity index (χ1) is 25.2. The maximum Gasteiger partial charge on any atom is 0.237 e. The van der Waals surface area contributed by atoms with Crippen molar-refractivity contribution in [2.24, 2.45) is 0 Å². The van der Waals surface area contributed by atoms with Gasteiger partial charge in [0.1, 0.15) is 12.7 Å². The summed E-state index contributed by atoms with van der Waals surface area (Å²) in [7, 11) is 0. The average molecular weight is 655 g/mol. The number of para-hydroxylation sites is 1. The Kier molecular flexibility index (Phi) is 7.55. The third-order valence-corrected chi connectivity index (χ3v) is 9.95. The summed E-state index contributed by atoms with van der Waals surface area (Å²) in [6.07, 6.45) is 7.54. The van der Waals surface area contributed by atoms with Crippen LogP contribution in [-0.4, -0.2) is 15.0 Å². The maximum atomic E-state index is 4.53. The van der Waals surface area contributed by atoms with E-state index in [1.54, 1.807) is 12.7 Å². The number of hydrogen-bond acceptors (Lipinski definition) is 4. The number of hydrogen-bond donors (Lipinski definition) is 0. The molecule has 0 radical (unpaired) electrons. The topological polar surface area (TPSA) is 41.9 Å². The minimum atomic E-state index is 0.568. The van der Waals surface area contributed by atoms with E-state index < -0.39 is 0 Å². The van der Waals surface area contributed by atoms with Crippen molar-refractivity contribution < 1.29 is 0 Å². The Morgan fingerprint density at radius 2 is 1.08 bits per heavy atom. The van der Waals surface area contributed by atoms with Crippen LogP contribution in [0.2, 0.25) is 0 Å². The molecule has 51 heavy (non-hydrogen) atoms. The van der Waals surface area contributed by atoms with Gasteiger partial charge >= 0.3 is 0 Å². The summed E-state index contributed by atoms with van der Waals surface area (Å²) in [5.74, 6) is 0.568. The Morgan fingerprint density at radius 1 is 0.510 bits per heavy atom. The molecule has 0 bridgehead atoms. The third kappa shape index (κ3) is 5.03. The predicted molar refractivity (Wildman–Crippen MR) is 212 cm³/mol. The van der Waals surface area contributed by atoms with Crippen molar-refractivity contribution in [3.8, 4) is 55.6 Å². The lowest BCUT2D eigenvalue weighted by Gasteiger charge is -2.23. The quantitative estimate of drug-likeness (QED) is 0.171. The normalized spacial score (nSPS) is 11.6. The fourth-order valence-corrected chi connectivity index (χ4v) is 7.87. The molecule has 0 aliphatic heterocycles. The second kappa shape index (κ2) is 12.7. The summed E-state index contributed by atoms with van der Waals surface area (Å²) < 4.78 is 0. The van der Waals surface area contributed by atoms with Crippen LogP contribution in [0.4, 0.5) is 17.3 Å². The van der Waals surface area contributed by atoms with Gasteiger partial charge in [-0.3, -0.25) is 4.90 Å². The number of aromatic nitrogens is 3. The summed E-state index contributed by atoms with van der Waals surface area (Å²) in [6, 6.07) is 52.1. The minimum Gasteiger partial charge on any atom is -0.279 e. The number of nitrogens with zero attached hydrogens (tertiary/aromatic N) is 4. The van der Waals surface area contributed by atoms with Crippen LogP contribution in [0, 0.1) is 6.92 Å². The van der Waals surface area contributed by atoms with E-state index in [-0.39, 0.29) is 0 Å². The second-order valence-corrected chi connectivity index (χ2v) is 12.8. The van der Waals surface area contributed by atoms with Gasteiger partial charge in [-0.05, 0) is 116 Å². The first-order valence-electron chi connectivity index (χ1n) is 17.3. The molecule has 0 atom stereocenters. The molecular formula is C47H34N4. The van der Waals surface area contributed by atoms with Crippen LogP contribution < -0.4 is 4.90 Å². The van der Waals surface area contributed by atoms with E-state index >= 15 is 0 Å². The highest BCUT2D eigenvalue weighted by molar-refractivity contribution is 6.24. The molecule has 0 unspecified atom stereocenters. The molecule has 1 aliphatic rings. The number of fused-ring (bicyclic) bond motifs is 3. The van der Waals surface area contributed by atoms with Gasteiger partial charge in [0.05, 0.1) is 0 Å². The maximum absolute atomic E-state index is 4.53. The van der Waals surface area contributed by atoms with Gasteiger partial charge in [0.25, 0.3) is 0 Å². The lowest BCUT2D eigenvalue weighted by Crippen LogP contribution is -2.13. The minimum absolute atomic E-state index is 0.568. The van der Waals surface area contributed by atoms with Crippen molar-refractivity contribution in [3.05, 3.63) is 175 Å². The molecule has 0 spiro atoms. The van der Waals surface area contributed by atoms with Crippen LogP contribution in [0.25, 0.3) is 72.5 Å². The van der Waals surface area contributed by atoms with Gasteiger partial charge in [0.2, 0.25) is 5.95 Å². The highest BCUT2D eigenvalue weighted by Gasteiger charge is 2.32. The fourth-order valence-electron chi connectivity index (χ4n) is 7.87. The van der Waals surface area contributed by atoms with Crippen LogP contribution in [0.3, 0.4) is 0 Å². The van der Waals surface area contributed by atoms with Crippen molar-refractivity contribution in [2.75, 3.05) is 4.90 Å². The average Bonchev–Trinajstić information content (AvgIpc) is 3.52. The Hall–Kier alpha value is -6.65. The zero-order valence-corrected chi connectivity index (χ0v) is 28.5. The first-order valence-corrected chi connectivity index (χ1v) is 17.3. The summed E-state index contributed by atoms with van der Waals surface area (Å²) in [4.78, 5) is 15.2. The van der Waals surface area contributed by atoms with Crippen LogP contribution >= 0.6 is 0 Å². The molecule has 0 amide bonds. The van der Waals surface area contributed by atoms with Crippen molar-refractivity contribution >= 4 is 34.2 Å². The largest absolute Gasteiger partial charge is 0.279 e. The van der Waals surface area contributed by atoms with Gasteiger partial charge in [-0.15, -0.1) is 0 Å². The summed E-state index contributed by atoms with van der Waals surface area (Å²) in [5, 5.41) is 2.52. The van der Waals surface area contributed by atoms with E-state index in [1.165, 1.54) is 72.0 Å². The zero-order valence-electron chi connectivity index (χ0n) is 28.5. The lowest BCUT2D eigenvalue weighted by molar-refractivity contribution is 1.01. The lowest BCUT2D eigenvalue weighted by atomic mass is 9.81. The highest BCUT2D eigenvalue weighted by Crippen LogP contribution is 2.58. The molecule has 8 aromatic rings. The molecule has 4 heteroatoms. The molecule has 242 valence electrons. The summed E-state index contributed by atoms with van der Waals surface area (Å²) in [5.41, 5.74) is 17.0. The highest BCUT2D eigenvalue weighted by atomic mass is 15.3. The second-order valence-electron chi connectivity index (χ2n) is 12.8. The molecule has 0 fully saturated rings. The first kappa shape index (κ1) is 30.4. The number of rotatable bonds is 7. The van der Waals surface area contributed by atoms with E-state index in [9.17, 15) is 0 Å². The molecule has 0 saturated heterocycles. The summed E-state index contributed by atoms with van der Waals surface area (Å²) >= 11 is 0. The van der Waals surface area contributed by atoms with Gasteiger partial charge in [-0.25, -0.2) is 15.0 Å². The molecule has 7 aromatic carbocycles. The van der Waals surface area contributed by atoms with Crippen LogP contribution in [0.1, 0.15) is 18.1 Å².